The molecule has 1 heterocycles. The molecule has 18 heavy (non-hydrogen) atoms. The molecule has 0 aromatic heterocycles. The largest absolute Gasteiger partial charge is 0.298 e. The van der Waals surface area contributed by atoms with Crippen molar-refractivity contribution in [2.24, 2.45) is 11.8 Å². The summed E-state index contributed by atoms with van der Waals surface area (Å²) in [6.07, 6.45) is 4.31. The Morgan fingerprint density at radius 2 is 2.17 bits per heavy atom. The molecule has 2 rings (SSSR count). The van der Waals surface area contributed by atoms with Crippen LogP contribution in [-0.4, -0.2) is 29.5 Å². The summed E-state index contributed by atoms with van der Waals surface area (Å²) < 4.78 is 28.2. The molecule has 3 heteroatoms. The summed E-state index contributed by atoms with van der Waals surface area (Å²) in [7, 11) is 0. The molecule has 0 N–H and O–H groups in total. The van der Waals surface area contributed by atoms with E-state index in [1.54, 1.807) is 13.0 Å². The highest BCUT2D eigenvalue weighted by molar-refractivity contribution is 5.20. The van der Waals surface area contributed by atoms with Gasteiger partial charge in [-0.15, -0.1) is 0 Å². The van der Waals surface area contributed by atoms with Crippen molar-refractivity contribution in [3.8, 4) is 0 Å². The van der Waals surface area contributed by atoms with Crippen molar-refractivity contribution in [3.63, 3.8) is 0 Å². The van der Waals surface area contributed by atoms with Gasteiger partial charge in [0.15, 0.2) is 0 Å². The van der Waals surface area contributed by atoms with Crippen molar-refractivity contribution >= 4 is 0 Å². The maximum Gasteiger partial charge on any atom is 0.272 e. The Hall–Kier alpha value is -0.440. The first-order chi connectivity index (χ1) is 8.37. The number of likely N-dealkylation sites (tertiary alicyclic amines) is 1. The van der Waals surface area contributed by atoms with Crippen molar-refractivity contribution in [1.29, 1.82) is 0 Å². The van der Waals surface area contributed by atoms with Crippen LogP contribution in [0.25, 0.3) is 0 Å². The number of nitrogens with zero attached hydrogens (tertiary/aromatic N) is 1. The second-order valence-electron chi connectivity index (χ2n) is 6.15. The van der Waals surface area contributed by atoms with Crippen LogP contribution < -0.4 is 0 Å². The molecule has 1 fully saturated rings. The Balaban J connectivity index is 2.05. The van der Waals surface area contributed by atoms with Crippen molar-refractivity contribution in [2.45, 2.75) is 65.0 Å². The topological polar surface area (TPSA) is 3.24 Å². The third-order valence-corrected chi connectivity index (χ3v) is 5.05. The molecule has 0 aromatic carbocycles. The van der Waals surface area contributed by atoms with E-state index in [4.69, 9.17) is 0 Å². The van der Waals surface area contributed by atoms with Gasteiger partial charge in [-0.25, -0.2) is 8.78 Å². The van der Waals surface area contributed by atoms with Crippen LogP contribution >= 0.6 is 0 Å². The zero-order valence-corrected chi connectivity index (χ0v) is 11.9. The highest BCUT2D eigenvalue weighted by atomic mass is 19.3. The fourth-order valence-corrected chi connectivity index (χ4v) is 3.61. The monoisotopic (exact) mass is 257 g/mol. The number of allylic oxidation sites excluding steroid dienone is 2. The number of hydrogen-bond acceptors (Lipinski definition) is 1. The zero-order chi connectivity index (χ0) is 13.5. The second kappa shape index (κ2) is 4.92. The lowest BCUT2D eigenvalue weighted by atomic mass is 9.85. The summed E-state index contributed by atoms with van der Waals surface area (Å²) in [5, 5.41) is 0. The summed E-state index contributed by atoms with van der Waals surface area (Å²) in [6, 6.07) is 0.954. The molecule has 1 aliphatic carbocycles. The summed E-state index contributed by atoms with van der Waals surface area (Å²) in [5.41, 5.74) is 0.280. The van der Waals surface area contributed by atoms with E-state index in [9.17, 15) is 8.78 Å². The molecule has 1 aliphatic heterocycles. The normalized spacial score (nSPS) is 37.9. The average molecular weight is 257 g/mol. The fraction of sp³-hybridized carbons (Fsp3) is 0.867. The maximum atomic E-state index is 14.1. The van der Waals surface area contributed by atoms with E-state index in [1.165, 1.54) is 0 Å². The van der Waals surface area contributed by atoms with Gasteiger partial charge in [-0.3, -0.25) is 4.90 Å². The minimum atomic E-state index is -2.57. The van der Waals surface area contributed by atoms with Crippen LogP contribution in [0, 0.1) is 11.8 Å². The Morgan fingerprint density at radius 3 is 2.67 bits per heavy atom. The molecular formula is C15H25F2N. The molecule has 1 saturated heterocycles. The van der Waals surface area contributed by atoms with E-state index in [2.05, 4.69) is 25.7 Å². The lowest BCUT2D eigenvalue weighted by molar-refractivity contribution is -0.0321. The first kappa shape index (κ1) is 14.0. The minimum absolute atomic E-state index is 0.151. The van der Waals surface area contributed by atoms with E-state index in [0.29, 0.717) is 18.5 Å². The number of hydrogen-bond donors (Lipinski definition) is 0. The molecule has 4 atom stereocenters. The first-order valence-corrected chi connectivity index (χ1v) is 7.18. The number of alkyl halides is 2. The second-order valence-corrected chi connectivity index (χ2v) is 6.15. The predicted molar refractivity (Wildman–Crippen MR) is 70.8 cm³/mol. The van der Waals surface area contributed by atoms with E-state index < -0.39 is 11.8 Å². The molecule has 0 radical (unpaired) electrons. The summed E-state index contributed by atoms with van der Waals surface area (Å²) in [4.78, 5) is 2.41. The Kier molecular flexibility index (Phi) is 3.82. The van der Waals surface area contributed by atoms with Crippen LogP contribution in [0.2, 0.25) is 0 Å². The lowest BCUT2D eigenvalue weighted by Crippen LogP contribution is -2.37. The number of halogens is 2. The van der Waals surface area contributed by atoms with Gasteiger partial charge in [0.05, 0.1) is 0 Å². The number of rotatable bonds is 3. The summed E-state index contributed by atoms with van der Waals surface area (Å²) in [6.45, 7) is 8.97. The van der Waals surface area contributed by atoms with Gasteiger partial charge in [-0.1, -0.05) is 13.0 Å². The molecule has 104 valence electrons. The van der Waals surface area contributed by atoms with Crippen molar-refractivity contribution in [3.05, 3.63) is 11.6 Å². The highest BCUT2D eigenvalue weighted by Crippen LogP contribution is 2.48. The van der Waals surface area contributed by atoms with Gasteiger partial charge in [0.2, 0.25) is 0 Å². The molecule has 2 aliphatic rings. The molecule has 0 aromatic rings. The molecule has 2 unspecified atom stereocenters. The van der Waals surface area contributed by atoms with Crippen molar-refractivity contribution in [2.75, 3.05) is 6.54 Å². The molecule has 0 saturated carbocycles. The van der Waals surface area contributed by atoms with Gasteiger partial charge in [-0.2, -0.15) is 0 Å². The van der Waals surface area contributed by atoms with Crippen LogP contribution in [0.15, 0.2) is 11.6 Å². The lowest BCUT2D eigenvalue weighted by Gasteiger charge is -2.29. The SMILES string of the molecule is CC[C@@H](C)N1C[C@@H](C2CC=C(C)C2(F)F)CC1C. The Morgan fingerprint density at radius 1 is 1.50 bits per heavy atom. The Bertz CT molecular complexity index is 337. The van der Waals surface area contributed by atoms with Crippen LogP contribution in [0.1, 0.15) is 47.0 Å². The molecular weight excluding hydrogens is 232 g/mol. The van der Waals surface area contributed by atoms with Gasteiger partial charge in [0.25, 0.3) is 5.92 Å². The molecule has 0 spiro atoms. The van der Waals surface area contributed by atoms with Gasteiger partial charge in [-0.05, 0) is 51.5 Å². The average Bonchev–Trinajstić information content (AvgIpc) is 2.80. The smallest absolute Gasteiger partial charge is 0.272 e. The third-order valence-electron chi connectivity index (χ3n) is 5.05. The molecule has 1 nitrogen and oxygen atoms in total. The summed E-state index contributed by atoms with van der Waals surface area (Å²) in [5.74, 6) is -2.89. The first-order valence-electron chi connectivity index (χ1n) is 7.18. The molecule has 0 bridgehead atoms. The van der Waals surface area contributed by atoms with E-state index in [1.807, 2.05) is 0 Å². The van der Waals surface area contributed by atoms with Crippen LogP contribution in [0.5, 0.6) is 0 Å². The van der Waals surface area contributed by atoms with Crippen LogP contribution in [-0.2, 0) is 0 Å². The van der Waals surface area contributed by atoms with Gasteiger partial charge < -0.3 is 0 Å². The maximum absolute atomic E-state index is 14.1. The Labute approximate surface area is 109 Å². The predicted octanol–water partition coefficient (Wildman–Crippen LogP) is 4.10. The van der Waals surface area contributed by atoms with Gasteiger partial charge in [0.1, 0.15) is 0 Å². The fourth-order valence-electron chi connectivity index (χ4n) is 3.61. The van der Waals surface area contributed by atoms with E-state index in [-0.39, 0.29) is 11.5 Å². The van der Waals surface area contributed by atoms with E-state index >= 15 is 0 Å². The van der Waals surface area contributed by atoms with Gasteiger partial charge >= 0.3 is 0 Å². The quantitative estimate of drug-likeness (QED) is 0.688. The minimum Gasteiger partial charge on any atom is -0.298 e. The summed E-state index contributed by atoms with van der Waals surface area (Å²) >= 11 is 0. The van der Waals surface area contributed by atoms with Crippen molar-refractivity contribution < 1.29 is 8.78 Å². The highest BCUT2D eigenvalue weighted by Gasteiger charge is 2.50. The van der Waals surface area contributed by atoms with E-state index in [0.717, 1.165) is 19.4 Å². The zero-order valence-electron chi connectivity index (χ0n) is 11.9. The van der Waals surface area contributed by atoms with Crippen LogP contribution in [0.4, 0.5) is 8.78 Å². The molecule has 0 amide bonds. The van der Waals surface area contributed by atoms with Crippen molar-refractivity contribution in [1.82, 2.24) is 4.90 Å². The van der Waals surface area contributed by atoms with Crippen LogP contribution in [0.3, 0.4) is 0 Å². The van der Waals surface area contributed by atoms with Gasteiger partial charge in [0, 0.05) is 24.5 Å². The standard InChI is InChI=1S/C15H25F2N/c1-5-11(3)18-9-13(8-12(18)4)14-7-6-10(2)15(14,16)17/h6,11-14H,5,7-9H2,1-4H3/t11-,12?,13+,14?/m1/s1. The third kappa shape index (κ3) is 2.22.